The molecule has 0 aliphatic heterocycles. The number of halogens is 1. The van der Waals surface area contributed by atoms with Crippen LogP contribution in [-0.4, -0.2) is 33.5 Å². The van der Waals surface area contributed by atoms with Gasteiger partial charge in [-0.25, -0.2) is 9.67 Å². The molecule has 0 radical (unpaired) electrons. The number of aryl methyl sites for hydroxylation is 1. The Labute approximate surface area is 120 Å². The molecule has 2 heterocycles. The number of carbonyl (C=O) groups excluding carboxylic acids is 2. The number of nitrogens with zero attached hydrogens (tertiary/aromatic N) is 3. The van der Waals surface area contributed by atoms with Crippen LogP contribution in [-0.2, 0) is 0 Å². The fourth-order valence-corrected chi connectivity index (χ4v) is 1.93. The number of nitrogens with one attached hydrogen (secondary N) is 1. The fourth-order valence-electron chi connectivity index (χ4n) is 1.79. The third-order valence-electron chi connectivity index (χ3n) is 2.77. The van der Waals surface area contributed by atoms with Crippen molar-refractivity contribution < 1.29 is 9.59 Å². The number of carbonyl (C=O) groups is 2. The van der Waals surface area contributed by atoms with Crippen molar-refractivity contribution in [3.8, 4) is 5.82 Å². The van der Waals surface area contributed by atoms with E-state index >= 15 is 0 Å². The first-order chi connectivity index (χ1) is 9.43. The lowest BCUT2D eigenvalue weighted by Gasteiger charge is -2.08. The van der Waals surface area contributed by atoms with E-state index in [1.807, 2.05) is 0 Å². The average Bonchev–Trinajstić information content (AvgIpc) is 2.79. The Morgan fingerprint density at radius 1 is 1.35 bits per heavy atom. The summed E-state index contributed by atoms with van der Waals surface area (Å²) in [6.07, 6.45) is 0. The highest BCUT2D eigenvalue weighted by atomic mass is 35.5. The Hall–Kier alpha value is -2.21. The van der Waals surface area contributed by atoms with Crippen LogP contribution in [0.25, 0.3) is 5.82 Å². The summed E-state index contributed by atoms with van der Waals surface area (Å²) >= 11 is 5.88. The van der Waals surface area contributed by atoms with E-state index in [4.69, 9.17) is 11.6 Å². The number of amides is 1. The van der Waals surface area contributed by atoms with Gasteiger partial charge in [0.25, 0.3) is 5.91 Å². The number of hydrogen-bond donors (Lipinski definition) is 1. The van der Waals surface area contributed by atoms with Crippen molar-refractivity contribution in [1.29, 1.82) is 0 Å². The SMILES string of the molecule is CNC(=O)c1cc(C)n(-c2nc(Cl)ccc2C(C)=O)n1. The van der Waals surface area contributed by atoms with Crippen molar-refractivity contribution in [1.82, 2.24) is 20.1 Å². The van der Waals surface area contributed by atoms with Gasteiger partial charge in [-0.2, -0.15) is 5.10 Å². The molecule has 0 aliphatic carbocycles. The average molecular weight is 293 g/mol. The van der Waals surface area contributed by atoms with Crippen LogP contribution in [0.2, 0.25) is 5.15 Å². The third-order valence-corrected chi connectivity index (χ3v) is 2.98. The highest BCUT2D eigenvalue weighted by Gasteiger charge is 2.17. The van der Waals surface area contributed by atoms with Crippen molar-refractivity contribution in [3.63, 3.8) is 0 Å². The van der Waals surface area contributed by atoms with Crippen LogP contribution < -0.4 is 5.32 Å². The van der Waals surface area contributed by atoms with E-state index in [1.54, 1.807) is 25.1 Å². The molecule has 0 spiro atoms. The third kappa shape index (κ3) is 2.55. The first kappa shape index (κ1) is 14.2. The molecule has 2 aromatic rings. The maximum atomic E-state index is 11.7. The van der Waals surface area contributed by atoms with Crippen molar-refractivity contribution >= 4 is 23.3 Å². The Morgan fingerprint density at radius 3 is 2.65 bits per heavy atom. The van der Waals surface area contributed by atoms with Crippen molar-refractivity contribution in [3.05, 3.63) is 40.3 Å². The van der Waals surface area contributed by atoms with Gasteiger partial charge >= 0.3 is 0 Å². The zero-order valence-electron chi connectivity index (χ0n) is 11.3. The van der Waals surface area contributed by atoms with Crippen molar-refractivity contribution in [2.24, 2.45) is 0 Å². The molecule has 2 aromatic heterocycles. The van der Waals surface area contributed by atoms with Gasteiger partial charge in [-0.15, -0.1) is 0 Å². The lowest BCUT2D eigenvalue weighted by Crippen LogP contribution is -2.19. The fraction of sp³-hybridized carbons (Fsp3) is 0.231. The minimum atomic E-state index is -0.307. The van der Waals surface area contributed by atoms with Gasteiger partial charge in [0.2, 0.25) is 0 Å². The summed E-state index contributed by atoms with van der Waals surface area (Å²) < 4.78 is 1.44. The van der Waals surface area contributed by atoms with Crippen LogP contribution in [0.15, 0.2) is 18.2 Å². The Morgan fingerprint density at radius 2 is 2.05 bits per heavy atom. The van der Waals surface area contributed by atoms with Crippen LogP contribution in [0, 0.1) is 6.92 Å². The molecule has 0 aliphatic rings. The minimum Gasteiger partial charge on any atom is -0.354 e. The number of ketones is 1. The normalized spacial score (nSPS) is 10.4. The van der Waals surface area contributed by atoms with Gasteiger partial charge in [-0.3, -0.25) is 9.59 Å². The second-order valence-electron chi connectivity index (χ2n) is 4.22. The quantitative estimate of drug-likeness (QED) is 0.691. The predicted molar refractivity (Wildman–Crippen MR) is 74.5 cm³/mol. The summed E-state index contributed by atoms with van der Waals surface area (Å²) in [4.78, 5) is 27.4. The van der Waals surface area contributed by atoms with Gasteiger partial charge in [0, 0.05) is 12.7 Å². The zero-order valence-corrected chi connectivity index (χ0v) is 12.0. The molecule has 0 atom stereocenters. The molecular formula is C13H13ClN4O2. The van der Waals surface area contributed by atoms with Gasteiger partial charge in [0.1, 0.15) is 5.15 Å². The van der Waals surface area contributed by atoms with Crippen LogP contribution in [0.1, 0.15) is 33.5 Å². The van der Waals surface area contributed by atoms with E-state index < -0.39 is 0 Å². The predicted octanol–water partition coefficient (Wildman–Crippen LogP) is 1.79. The first-order valence-electron chi connectivity index (χ1n) is 5.90. The molecule has 6 nitrogen and oxygen atoms in total. The molecule has 0 bridgehead atoms. The molecule has 2 rings (SSSR count). The van der Waals surface area contributed by atoms with E-state index in [9.17, 15) is 9.59 Å². The summed E-state index contributed by atoms with van der Waals surface area (Å²) in [6, 6.07) is 4.75. The van der Waals surface area contributed by atoms with E-state index in [0.29, 0.717) is 17.1 Å². The maximum Gasteiger partial charge on any atom is 0.271 e. The highest BCUT2D eigenvalue weighted by Crippen LogP contribution is 2.18. The molecule has 0 unspecified atom stereocenters. The molecule has 104 valence electrons. The van der Waals surface area contributed by atoms with E-state index in [2.05, 4.69) is 15.4 Å². The van der Waals surface area contributed by atoms with Gasteiger partial charge in [-0.05, 0) is 32.0 Å². The number of Topliss-reactive ketones (excluding diaryl/α,β-unsaturated/α-hetero) is 1. The van der Waals surface area contributed by atoms with Gasteiger partial charge < -0.3 is 5.32 Å². The molecule has 1 amide bonds. The number of pyridine rings is 1. The Balaban J connectivity index is 2.62. The Kier molecular flexibility index (Phi) is 3.85. The van der Waals surface area contributed by atoms with Crippen LogP contribution in [0.4, 0.5) is 0 Å². The first-order valence-corrected chi connectivity index (χ1v) is 6.28. The number of rotatable bonds is 3. The van der Waals surface area contributed by atoms with Crippen molar-refractivity contribution in [2.75, 3.05) is 7.05 Å². The molecule has 20 heavy (non-hydrogen) atoms. The monoisotopic (exact) mass is 292 g/mol. The summed E-state index contributed by atoms with van der Waals surface area (Å²) in [5.74, 6) is -0.142. The summed E-state index contributed by atoms with van der Waals surface area (Å²) in [7, 11) is 1.52. The van der Waals surface area contributed by atoms with Crippen LogP contribution in [0.3, 0.4) is 0 Å². The minimum absolute atomic E-state index is 0.152. The van der Waals surface area contributed by atoms with Gasteiger partial charge in [0.05, 0.1) is 5.56 Å². The number of hydrogen-bond acceptors (Lipinski definition) is 4. The van der Waals surface area contributed by atoms with Crippen LogP contribution in [0.5, 0.6) is 0 Å². The summed E-state index contributed by atoms with van der Waals surface area (Å²) in [6.45, 7) is 3.21. The molecule has 7 heteroatoms. The Bertz CT molecular complexity index is 694. The smallest absolute Gasteiger partial charge is 0.271 e. The summed E-state index contributed by atoms with van der Waals surface area (Å²) in [5.41, 5.74) is 1.33. The molecule has 1 N–H and O–H groups in total. The largest absolute Gasteiger partial charge is 0.354 e. The molecule has 0 aromatic carbocycles. The molecule has 0 saturated heterocycles. The molecule has 0 saturated carbocycles. The second-order valence-corrected chi connectivity index (χ2v) is 4.61. The zero-order chi connectivity index (χ0) is 14.9. The number of aromatic nitrogens is 3. The lowest BCUT2D eigenvalue weighted by atomic mass is 10.2. The second kappa shape index (κ2) is 5.42. The molecular weight excluding hydrogens is 280 g/mol. The molecule has 0 fully saturated rings. The van der Waals surface area contributed by atoms with E-state index in [0.717, 1.165) is 0 Å². The lowest BCUT2D eigenvalue weighted by molar-refractivity contribution is 0.0957. The van der Waals surface area contributed by atoms with Gasteiger partial charge in [0.15, 0.2) is 17.3 Å². The van der Waals surface area contributed by atoms with Gasteiger partial charge in [-0.1, -0.05) is 11.6 Å². The summed E-state index contributed by atoms with van der Waals surface area (Å²) in [5, 5.41) is 6.91. The topological polar surface area (TPSA) is 76.9 Å². The standard InChI is InChI=1S/C13H13ClN4O2/c1-7-6-10(13(20)15-3)17-18(7)12-9(8(2)19)4-5-11(14)16-12/h4-6H,1-3H3,(H,15,20). The van der Waals surface area contributed by atoms with Crippen LogP contribution >= 0.6 is 11.6 Å². The van der Waals surface area contributed by atoms with Crippen molar-refractivity contribution in [2.45, 2.75) is 13.8 Å². The maximum absolute atomic E-state index is 11.7. The van der Waals surface area contributed by atoms with E-state index in [1.165, 1.54) is 18.7 Å². The van der Waals surface area contributed by atoms with E-state index in [-0.39, 0.29) is 22.5 Å². The highest BCUT2D eigenvalue weighted by molar-refractivity contribution is 6.29.